The van der Waals surface area contributed by atoms with Crippen molar-refractivity contribution in [3.05, 3.63) is 29.8 Å². The number of morpholine rings is 1. The minimum Gasteiger partial charge on any atom is -0.399 e. The number of carbonyl (C=O) groups excluding carboxylic acids is 1. The van der Waals surface area contributed by atoms with Crippen molar-refractivity contribution in [2.24, 2.45) is 0 Å². The summed E-state index contributed by atoms with van der Waals surface area (Å²) in [5.41, 5.74) is 7.52. The maximum atomic E-state index is 11.8. The minimum atomic E-state index is -0.181. The third-order valence-corrected chi connectivity index (χ3v) is 3.17. The van der Waals surface area contributed by atoms with Crippen LogP contribution in [0, 0.1) is 0 Å². The van der Waals surface area contributed by atoms with E-state index in [1.165, 1.54) is 0 Å². The van der Waals surface area contributed by atoms with Crippen LogP contribution in [-0.4, -0.2) is 29.6 Å². The molecule has 3 fully saturated rings. The van der Waals surface area contributed by atoms with Crippen molar-refractivity contribution in [2.75, 3.05) is 12.3 Å². The number of rotatable bonds is 2. The monoisotopic (exact) mass is 218 g/mol. The lowest BCUT2D eigenvalue weighted by atomic mass is 9.97. The van der Waals surface area contributed by atoms with E-state index in [0.29, 0.717) is 13.1 Å². The summed E-state index contributed by atoms with van der Waals surface area (Å²) in [5.74, 6) is 0.116. The molecule has 1 aromatic rings. The van der Waals surface area contributed by atoms with Crippen molar-refractivity contribution >= 4 is 11.6 Å². The highest BCUT2D eigenvalue weighted by Gasteiger charge is 2.44. The molecule has 3 aliphatic heterocycles. The molecule has 4 rings (SSSR count). The van der Waals surface area contributed by atoms with Crippen LogP contribution in [-0.2, 0) is 16.1 Å². The van der Waals surface area contributed by atoms with Gasteiger partial charge in [-0.2, -0.15) is 0 Å². The number of carbonyl (C=O) groups is 1. The first-order chi connectivity index (χ1) is 7.72. The van der Waals surface area contributed by atoms with Crippen LogP contribution in [0.2, 0.25) is 0 Å². The van der Waals surface area contributed by atoms with Gasteiger partial charge in [0.15, 0.2) is 0 Å². The summed E-state index contributed by atoms with van der Waals surface area (Å²) >= 11 is 0. The maximum absolute atomic E-state index is 11.8. The molecular formula is C12H14N2O2. The number of nitrogens with zero attached hydrogens (tertiary/aromatic N) is 1. The third kappa shape index (κ3) is 1.55. The van der Waals surface area contributed by atoms with Gasteiger partial charge in [0.1, 0.15) is 6.10 Å². The highest BCUT2D eigenvalue weighted by Crippen LogP contribution is 2.30. The molecule has 16 heavy (non-hydrogen) atoms. The van der Waals surface area contributed by atoms with Gasteiger partial charge in [0.2, 0.25) is 0 Å². The Bertz CT molecular complexity index is 427. The van der Waals surface area contributed by atoms with E-state index in [0.717, 1.165) is 17.7 Å². The first-order valence-electron chi connectivity index (χ1n) is 5.51. The summed E-state index contributed by atoms with van der Waals surface area (Å²) in [5, 5.41) is 0. The van der Waals surface area contributed by atoms with Gasteiger partial charge in [-0.25, -0.2) is 0 Å². The second-order valence-corrected chi connectivity index (χ2v) is 4.45. The number of anilines is 1. The molecular weight excluding hydrogens is 204 g/mol. The van der Waals surface area contributed by atoms with E-state index >= 15 is 0 Å². The number of hydrogen-bond donors (Lipinski definition) is 1. The zero-order valence-corrected chi connectivity index (χ0v) is 8.93. The van der Waals surface area contributed by atoms with Crippen LogP contribution in [0.1, 0.15) is 12.0 Å². The fraction of sp³-hybridized carbons (Fsp3) is 0.417. The molecule has 0 aliphatic carbocycles. The van der Waals surface area contributed by atoms with E-state index in [-0.39, 0.29) is 18.1 Å². The Balaban J connectivity index is 1.73. The molecule has 2 unspecified atom stereocenters. The zero-order chi connectivity index (χ0) is 11.1. The molecule has 3 aliphatic rings. The lowest BCUT2D eigenvalue weighted by Crippen LogP contribution is -2.60. The van der Waals surface area contributed by atoms with E-state index in [9.17, 15) is 4.79 Å². The van der Waals surface area contributed by atoms with Gasteiger partial charge < -0.3 is 15.4 Å². The highest BCUT2D eigenvalue weighted by molar-refractivity contribution is 5.83. The summed E-state index contributed by atoms with van der Waals surface area (Å²) in [6.45, 7) is 1.35. The Morgan fingerprint density at radius 3 is 3.00 bits per heavy atom. The van der Waals surface area contributed by atoms with Gasteiger partial charge in [-0.15, -0.1) is 0 Å². The summed E-state index contributed by atoms with van der Waals surface area (Å²) in [6, 6.07) is 7.66. The SMILES string of the molecule is Nc1cccc(CN2CC3CC(O3)C2=O)c1. The van der Waals surface area contributed by atoms with Crippen molar-refractivity contribution in [3.63, 3.8) is 0 Å². The second kappa shape index (κ2) is 3.49. The van der Waals surface area contributed by atoms with Gasteiger partial charge in [-0.05, 0) is 17.7 Å². The number of nitrogen functional groups attached to an aromatic ring is 1. The maximum Gasteiger partial charge on any atom is 0.252 e. The van der Waals surface area contributed by atoms with E-state index in [1.807, 2.05) is 29.2 Å². The van der Waals surface area contributed by atoms with Gasteiger partial charge in [0, 0.05) is 25.2 Å². The van der Waals surface area contributed by atoms with Gasteiger partial charge in [0.05, 0.1) is 6.10 Å². The van der Waals surface area contributed by atoms with Gasteiger partial charge in [0.25, 0.3) is 5.91 Å². The van der Waals surface area contributed by atoms with Crippen molar-refractivity contribution in [2.45, 2.75) is 25.2 Å². The third-order valence-electron chi connectivity index (χ3n) is 3.17. The first-order valence-corrected chi connectivity index (χ1v) is 5.51. The summed E-state index contributed by atoms with van der Waals surface area (Å²) < 4.78 is 5.36. The van der Waals surface area contributed by atoms with Gasteiger partial charge in [-0.1, -0.05) is 12.1 Å². The average molecular weight is 218 g/mol. The Morgan fingerprint density at radius 1 is 1.50 bits per heavy atom. The standard InChI is InChI=1S/C12H14N2O2/c13-9-3-1-2-8(4-9)6-14-7-10-5-11(16-10)12(14)15/h1-4,10-11H,5-7,13H2. The molecule has 2 bridgehead atoms. The van der Waals surface area contributed by atoms with Gasteiger partial charge >= 0.3 is 0 Å². The number of ether oxygens (including phenoxy) is 1. The van der Waals surface area contributed by atoms with E-state index in [4.69, 9.17) is 10.5 Å². The van der Waals surface area contributed by atoms with Crippen LogP contribution in [0.4, 0.5) is 5.69 Å². The van der Waals surface area contributed by atoms with Crippen LogP contribution in [0.5, 0.6) is 0 Å². The molecule has 0 saturated carbocycles. The van der Waals surface area contributed by atoms with E-state index in [1.54, 1.807) is 0 Å². The predicted octanol–water partition coefficient (Wildman–Crippen LogP) is 0.768. The molecule has 84 valence electrons. The molecule has 4 nitrogen and oxygen atoms in total. The summed E-state index contributed by atoms with van der Waals surface area (Å²) in [6.07, 6.45) is 0.968. The molecule has 2 N–H and O–H groups in total. The molecule has 0 radical (unpaired) electrons. The Labute approximate surface area is 94.0 Å². The second-order valence-electron chi connectivity index (χ2n) is 4.45. The number of fused-ring (bicyclic) bond motifs is 2. The molecule has 0 aromatic heterocycles. The molecule has 1 aromatic carbocycles. The summed E-state index contributed by atoms with van der Waals surface area (Å²) in [4.78, 5) is 13.7. The van der Waals surface area contributed by atoms with Crippen LogP contribution in [0.25, 0.3) is 0 Å². The number of amides is 1. The molecule has 2 atom stereocenters. The van der Waals surface area contributed by atoms with Crippen molar-refractivity contribution in [3.8, 4) is 0 Å². The lowest BCUT2D eigenvalue weighted by molar-refractivity contribution is -0.199. The minimum absolute atomic E-state index is 0.116. The number of piperidine rings is 1. The molecule has 4 heteroatoms. The fourth-order valence-electron chi connectivity index (χ4n) is 2.33. The lowest BCUT2D eigenvalue weighted by Gasteiger charge is -2.46. The highest BCUT2D eigenvalue weighted by atomic mass is 16.5. The normalized spacial score (nSPS) is 27.8. The molecule has 3 saturated heterocycles. The number of nitrogens with two attached hydrogens (primary N) is 1. The van der Waals surface area contributed by atoms with Crippen molar-refractivity contribution in [1.29, 1.82) is 0 Å². The summed E-state index contributed by atoms with van der Waals surface area (Å²) in [7, 11) is 0. The van der Waals surface area contributed by atoms with Crippen LogP contribution in [0.3, 0.4) is 0 Å². The van der Waals surface area contributed by atoms with Crippen LogP contribution in [0.15, 0.2) is 24.3 Å². The Kier molecular flexibility index (Phi) is 2.11. The molecule has 0 spiro atoms. The number of benzene rings is 1. The quantitative estimate of drug-likeness (QED) is 0.746. The van der Waals surface area contributed by atoms with Crippen molar-refractivity contribution < 1.29 is 9.53 Å². The Hall–Kier alpha value is -1.55. The number of hydrogen-bond acceptors (Lipinski definition) is 3. The topological polar surface area (TPSA) is 55.6 Å². The Morgan fingerprint density at radius 2 is 2.31 bits per heavy atom. The van der Waals surface area contributed by atoms with E-state index in [2.05, 4.69) is 0 Å². The van der Waals surface area contributed by atoms with E-state index < -0.39 is 0 Å². The molecule has 1 amide bonds. The average Bonchev–Trinajstić information content (AvgIpc) is 2.19. The van der Waals surface area contributed by atoms with Crippen molar-refractivity contribution in [1.82, 2.24) is 4.90 Å². The van der Waals surface area contributed by atoms with Crippen LogP contribution >= 0.6 is 0 Å². The zero-order valence-electron chi connectivity index (χ0n) is 8.93. The largest absolute Gasteiger partial charge is 0.399 e. The first kappa shape index (κ1) is 9.66. The fourth-order valence-corrected chi connectivity index (χ4v) is 2.33. The van der Waals surface area contributed by atoms with Crippen LogP contribution < -0.4 is 5.73 Å². The smallest absolute Gasteiger partial charge is 0.252 e. The molecule has 3 heterocycles. The van der Waals surface area contributed by atoms with Gasteiger partial charge in [-0.3, -0.25) is 4.79 Å². The predicted molar refractivity (Wildman–Crippen MR) is 59.5 cm³/mol.